The van der Waals surface area contributed by atoms with Crippen molar-refractivity contribution in [2.45, 2.75) is 65.3 Å². The Morgan fingerprint density at radius 3 is 2.58 bits per heavy atom. The van der Waals surface area contributed by atoms with Crippen LogP contribution < -0.4 is 11.2 Å². The third-order valence-electron chi connectivity index (χ3n) is 5.40. The molecule has 0 spiro atoms. The Balaban J connectivity index is 1.67. The van der Waals surface area contributed by atoms with Gasteiger partial charge < -0.3 is 9.64 Å². The third-order valence-corrected chi connectivity index (χ3v) is 7.26. The maximum atomic E-state index is 13.6. The molecule has 4 heterocycles. The van der Waals surface area contributed by atoms with E-state index in [0.717, 1.165) is 0 Å². The van der Waals surface area contributed by atoms with Gasteiger partial charge in [0.25, 0.3) is 5.56 Å². The van der Waals surface area contributed by atoms with Crippen LogP contribution >= 0.6 is 27.3 Å². The molecule has 1 saturated heterocycles. The SMILES string of the molecule is CCn1nnc(Cn2c(=O)n(C3CCN(C(=O)OC(C)(C)C)CC3)c(=O)c3scc(Br)c32)n1. The predicted molar refractivity (Wildman–Crippen MR) is 127 cm³/mol. The summed E-state index contributed by atoms with van der Waals surface area (Å²) >= 11 is 4.76. The summed E-state index contributed by atoms with van der Waals surface area (Å²) in [5.74, 6) is 0.392. The smallest absolute Gasteiger partial charge is 0.410 e. The molecule has 178 valence electrons. The summed E-state index contributed by atoms with van der Waals surface area (Å²) in [7, 11) is 0. The molecule has 1 fully saturated rings. The van der Waals surface area contributed by atoms with Gasteiger partial charge in [-0.1, -0.05) is 0 Å². The van der Waals surface area contributed by atoms with E-state index in [9.17, 15) is 14.4 Å². The molecule has 4 rings (SSSR count). The number of hydrogen-bond donors (Lipinski definition) is 0. The van der Waals surface area contributed by atoms with Gasteiger partial charge in [0.15, 0.2) is 5.82 Å². The fraction of sp³-hybridized carbons (Fsp3) is 0.600. The second kappa shape index (κ2) is 9.01. The largest absolute Gasteiger partial charge is 0.444 e. The molecule has 13 heteroatoms. The number of ether oxygens (including phenoxy) is 1. The second-order valence-electron chi connectivity index (χ2n) is 8.90. The van der Waals surface area contributed by atoms with Gasteiger partial charge in [0.05, 0.1) is 23.1 Å². The summed E-state index contributed by atoms with van der Waals surface area (Å²) < 4.78 is 9.45. The third kappa shape index (κ3) is 4.74. The second-order valence-corrected chi connectivity index (χ2v) is 10.6. The lowest BCUT2D eigenvalue weighted by Crippen LogP contribution is -2.47. The van der Waals surface area contributed by atoms with Gasteiger partial charge in [0, 0.05) is 24.5 Å². The molecule has 0 atom stereocenters. The normalized spacial score (nSPS) is 15.4. The van der Waals surface area contributed by atoms with E-state index in [-0.39, 0.29) is 24.2 Å². The van der Waals surface area contributed by atoms with Gasteiger partial charge in [-0.2, -0.15) is 4.80 Å². The predicted octanol–water partition coefficient (Wildman–Crippen LogP) is 2.61. The fourth-order valence-corrected chi connectivity index (χ4v) is 5.56. The summed E-state index contributed by atoms with van der Waals surface area (Å²) in [5.41, 5.74) is -0.785. The molecular weight excluding hydrogens is 514 g/mol. The molecule has 0 aliphatic carbocycles. The van der Waals surface area contributed by atoms with Gasteiger partial charge >= 0.3 is 11.8 Å². The molecule has 11 nitrogen and oxygen atoms in total. The Labute approximate surface area is 202 Å². The zero-order chi connectivity index (χ0) is 23.9. The van der Waals surface area contributed by atoms with Crippen LogP contribution in [0.5, 0.6) is 0 Å². The van der Waals surface area contributed by atoms with E-state index in [1.807, 2.05) is 27.7 Å². The maximum Gasteiger partial charge on any atom is 0.410 e. The van der Waals surface area contributed by atoms with E-state index >= 15 is 0 Å². The van der Waals surface area contributed by atoms with Gasteiger partial charge in [-0.15, -0.1) is 21.5 Å². The molecule has 3 aromatic heterocycles. The zero-order valence-electron chi connectivity index (χ0n) is 18.9. The molecule has 1 aliphatic heterocycles. The van der Waals surface area contributed by atoms with E-state index in [2.05, 4.69) is 31.3 Å². The number of tetrazole rings is 1. The molecule has 0 radical (unpaired) electrons. The Morgan fingerprint density at radius 2 is 1.97 bits per heavy atom. The molecule has 0 bridgehead atoms. The Hall–Kier alpha value is -2.54. The van der Waals surface area contributed by atoms with Crippen molar-refractivity contribution in [3.05, 3.63) is 36.5 Å². The van der Waals surface area contributed by atoms with Crippen molar-refractivity contribution in [3.63, 3.8) is 0 Å². The maximum absolute atomic E-state index is 13.6. The quantitative estimate of drug-likeness (QED) is 0.500. The standard InChI is InChI=1S/C20H26BrN7O4S/c1-5-27-23-14(22-24-27)10-26-15-13(21)11-33-16(15)17(29)28(18(26)30)12-6-8-25(9-7-12)19(31)32-20(2,3)4/h11-12H,5-10H2,1-4H3. The highest BCUT2D eigenvalue weighted by Gasteiger charge is 2.30. The van der Waals surface area contributed by atoms with Crippen molar-refractivity contribution >= 4 is 43.6 Å². The van der Waals surface area contributed by atoms with Gasteiger partial charge in [-0.3, -0.25) is 13.9 Å². The number of carbonyl (C=O) groups excluding carboxylic acids is 1. The number of aromatic nitrogens is 6. The number of thiophene rings is 1. The summed E-state index contributed by atoms with van der Waals surface area (Å²) in [6, 6.07) is -0.320. The van der Waals surface area contributed by atoms with Crippen LogP contribution in [0.25, 0.3) is 10.2 Å². The highest BCUT2D eigenvalue weighted by Crippen LogP contribution is 2.29. The number of likely N-dealkylation sites (tertiary alicyclic amines) is 1. The summed E-state index contributed by atoms with van der Waals surface area (Å²) in [6.07, 6.45) is 0.585. The minimum atomic E-state index is -0.580. The topological polar surface area (TPSA) is 117 Å². The number of carbonyl (C=O) groups is 1. The first-order chi connectivity index (χ1) is 15.6. The average Bonchev–Trinajstić information content (AvgIpc) is 3.37. The highest BCUT2D eigenvalue weighted by atomic mass is 79.9. The number of piperidine rings is 1. The minimum Gasteiger partial charge on any atom is -0.444 e. The number of amides is 1. The Kier molecular flexibility index (Phi) is 6.45. The van der Waals surface area contributed by atoms with Crippen LogP contribution in [-0.4, -0.2) is 59.0 Å². The van der Waals surface area contributed by atoms with E-state index in [4.69, 9.17) is 4.74 Å². The first-order valence-electron chi connectivity index (χ1n) is 10.8. The number of halogens is 1. The number of nitrogens with zero attached hydrogens (tertiary/aromatic N) is 7. The molecule has 33 heavy (non-hydrogen) atoms. The first-order valence-corrected chi connectivity index (χ1v) is 12.4. The minimum absolute atomic E-state index is 0.0989. The molecule has 0 saturated carbocycles. The lowest BCUT2D eigenvalue weighted by atomic mass is 10.1. The molecular formula is C20H26BrN7O4S. The van der Waals surface area contributed by atoms with E-state index in [1.165, 1.54) is 25.3 Å². The van der Waals surface area contributed by atoms with Crippen LogP contribution in [0.2, 0.25) is 0 Å². The fourth-order valence-electron chi connectivity index (χ4n) is 3.87. The number of hydrogen-bond acceptors (Lipinski definition) is 8. The lowest BCUT2D eigenvalue weighted by Gasteiger charge is -2.34. The van der Waals surface area contributed by atoms with E-state index in [1.54, 1.807) is 10.3 Å². The van der Waals surface area contributed by atoms with Gasteiger partial charge in [0.2, 0.25) is 0 Å². The van der Waals surface area contributed by atoms with Crippen LogP contribution in [0, 0.1) is 0 Å². The summed E-state index contributed by atoms with van der Waals surface area (Å²) in [6.45, 7) is 8.84. The monoisotopic (exact) mass is 539 g/mol. The van der Waals surface area contributed by atoms with Crippen molar-refractivity contribution in [3.8, 4) is 0 Å². The van der Waals surface area contributed by atoms with Gasteiger partial charge in [-0.25, -0.2) is 9.59 Å². The first kappa shape index (κ1) is 23.6. The van der Waals surface area contributed by atoms with E-state index < -0.39 is 11.3 Å². The van der Waals surface area contributed by atoms with Crippen LogP contribution in [0.1, 0.15) is 52.4 Å². The molecule has 1 aliphatic rings. The molecule has 0 unspecified atom stereocenters. The Morgan fingerprint density at radius 1 is 1.27 bits per heavy atom. The lowest BCUT2D eigenvalue weighted by molar-refractivity contribution is 0.0186. The van der Waals surface area contributed by atoms with Crippen LogP contribution in [0.3, 0.4) is 0 Å². The van der Waals surface area contributed by atoms with Gasteiger partial charge in [0.1, 0.15) is 10.3 Å². The number of fused-ring (bicyclic) bond motifs is 1. The van der Waals surface area contributed by atoms with Crippen molar-refractivity contribution in [1.29, 1.82) is 0 Å². The van der Waals surface area contributed by atoms with Crippen LogP contribution in [0.15, 0.2) is 19.4 Å². The summed E-state index contributed by atoms with van der Waals surface area (Å²) in [4.78, 5) is 42.3. The number of rotatable bonds is 4. The molecule has 3 aromatic rings. The van der Waals surface area contributed by atoms with Crippen molar-refractivity contribution < 1.29 is 9.53 Å². The van der Waals surface area contributed by atoms with Crippen molar-refractivity contribution in [2.24, 2.45) is 0 Å². The Bertz CT molecular complexity index is 1290. The number of aryl methyl sites for hydroxylation is 1. The van der Waals surface area contributed by atoms with Crippen LogP contribution in [-0.2, 0) is 17.8 Å². The summed E-state index contributed by atoms with van der Waals surface area (Å²) in [5, 5.41) is 14.1. The molecule has 1 amide bonds. The van der Waals surface area contributed by atoms with Crippen molar-refractivity contribution in [1.82, 2.24) is 34.2 Å². The van der Waals surface area contributed by atoms with Gasteiger partial charge in [-0.05, 0) is 61.7 Å². The average molecular weight is 540 g/mol. The van der Waals surface area contributed by atoms with E-state index in [0.29, 0.717) is 53.0 Å². The zero-order valence-corrected chi connectivity index (χ0v) is 21.3. The van der Waals surface area contributed by atoms with Crippen LogP contribution in [0.4, 0.5) is 4.79 Å². The van der Waals surface area contributed by atoms with Crippen molar-refractivity contribution in [2.75, 3.05) is 13.1 Å². The molecule has 0 N–H and O–H groups in total. The highest BCUT2D eigenvalue weighted by molar-refractivity contribution is 9.10. The molecule has 0 aromatic carbocycles.